The zero-order valence-electron chi connectivity index (χ0n) is 16.6. The Morgan fingerprint density at radius 1 is 1.17 bits per heavy atom. The van der Waals surface area contributed by atoms with Gasteiger partial charge >= 0.3 is 0 Å². The Bertz CT molecular complexity index is 1060. The van der Waals surface area contributed by atoms with Crippen LogP contribution in [0.5, 0.6) is 0 Å². The number of hydrogen-bond acceptors (Lipinski definition) is 5. The second kappa shape index (κ2) is 7.27. The predicted octanol–water partition coefficient (Wildman–Crippen LogP) is 4.37. The molecule has 5 rings (SSSR count). The van der Waals surface area contributed by atoms with Crippen LogP contribution in [0.1, 0.15) is 54.7 Å². The van der Waals surface area contributed by atoms with E-state index in [1.54, 1.807) is 12.1 Å². The number of nitrogens with two attached hydrogens (primary N) is 2. The van der Waals surface area contributed by atoms with Crippen LogP contribution in [0.4, 0.5) is 15.9 Å². The SMILES string of the molecule is C[C@@H](c1ccc(F)cc1)N1c2c(Cl)cccc2C(N)N(c2cc(C3CC3)[nH]n2)C1N. The number of rotatable bonds is 4. The molecule has 1 aliphatic carbocycles. The maximum absolute atomic E-state index is 13.5. The van der Waals surface area contributed by atoms with Gasteiger partial charge in [-0.2, -0.15) is 5.10 Å². The third-order valence-electron chi connectivity index (χ3n) is 6.10. The highest BCUT2D eigenvalue weighted by Crippen LogP contribution is 2.46. The summed E-state index contributed by atoms with van der Waals surface area (Å²) in [4.78, 5) is 3.93. The number of nitrogens with one attached hydrogen (secondary N) is 1. The molecule has 0 radical (unpaired) electrons. The number of hydrogen-bond donors (Lipinski definition) is 3. The first-order valence-electron chi connectivity index (χ1n) is 10.1. The van der Waals surface area contributed by atoms with Crippen LogP contribution in [0.25, 0.3) is 0 Å². The molecule has 1 aromatic heterocycles. The van der Waals surface area contributed by atoms with E-state index >= 15 is 0 Å². The Labute approximate surface area is 179 Å². The van der Waals surface area contributed by atoms with Gasteiger partial charge in [-0.3, -0.25) is 10.8 Å². The van der Waals surface area contributed by atoms with Crippen LogP contribution >= 0.6 is 11.6 Å². The first kappa shape index (κ1) is 19.4. The molecule has 2 unspecified atom stereocenters. The molecule has 1 aliphatic heterocycles. The lowest BCUT2D eigenvalue weighted by molar-refractivity contribution is 0.445. The molecule has 0 bridgehead atoms. The maximum Gasteiger partial charge on any atom is 0.158 e. The molecule has 3 atom stereocenters. The van der Waals surface area contributed by atoms with Crippen LogP contribution in [-0.2, 0) is 0 Å². The number of aromatic amines is 1. The molecule has 3 aromatic rings. The molecule has 30 heavy (non-hydrogen) atoms. The number of anilines is 2. The third-order valence-corrected chi connectivity index (χ3v) is 6.41. The first-order valence-corrected chi connectivity index (χ1v) is 10.5. The van der Waals surface area contributed by atoms with E-state index in [1.165, 1.54) is 25.0 Å². The van der Waals surface area contributed by atoms with Crippen LogP contribution in [0, 0.1) is 5.82 Å². The molecule has 0 saturated heterocycles. The molecular weight excluding hydrogens is 403 g/mol. The summed E-state index contributed by atoms with van der Waals surface area (Å²) in [6.07, 6.45) is 1.24. The van der Waals surface area contributed by atoms with Crippen molar-refractivity contribution in [1.29, 1.82) is 0 Å². The van der Waals surface area contributed by atoms with E-state index in [0.29, 0.717) is 16.8 Å². The van der Waals surface area contributed by atoms with Gasteiger partial charge in [-0.05, 0) is 43.5 Å². The summed E-state index contributed by atoms with van der Waals surface area (Å²) in [6.45, 7) is 2.02. The number of benzene rings is 2. The van der Waals surface area contributed by atoms with Crippen LogP contribution in [0.3, 0.4) is 0 Å². The van der Waals surface area contributed by atoms with E-state index in [1.807, 2.05) is 41.0 Å². The number of halogens is 2. The van der Waals surface area contributed by atoms with E-state index in [9.17, 15) is 4.39 Å². The lowest BCUT2D eigenvalue weighted by Crippen LogP contribution is -2.61. The Balaban J connectivity index is 1.60. The number of para-hydroxylation sites is 1. The normalized spacial score (nSPS) is 22.2. The van der Waals surface area contributed by atoms with Crippen molar-refractivity contribution in [1.82, 2.24) is 10.2 Å². The predicted molar refractivity (Wildman–Crippen MR) is 117 cm³/mol. The minimum Gasteiger partial charge on any atom is -0.330 e. The molecule has 2 aromatic carbocycles. The Hall–Kier alpha value is -2.61. The first-order chi connectivity index (χ1) is 14.5. The monoisotopic (exact) mass is 426 g/mol. The molecule has 2 heterocycles. The molecule has 2 aliphatic rings. The molecule has 6 nitrogen and oxygen atoms in total. The number of fused-ring (bicyclic) bond motifs is 1. The summed E-state index contributed by atoms with van der Waals surface area (Å²) >= 11 is 6.62. The van der Waals surface area contributed by atoms with Gasteiger partial charge < -0.3 is 15.5 Å². The summed E-state index contributed by atoms with van der Waals surface area (Å²) in [5.74, 6) is 0.971. The molecule has 1 fully saturated rings. The van der Waals surface area contributed by atoms with Crippen molar-refractivity contribution < 1.29 is 4.39 Å². The van der Waals surface area contributed by atoms with Crippen LogP contribution in [-0.4, -0.2) is 16.5 Å². The zero-order chi connectivity index (χ0) is 21.0. The average molecular weight is 427 g/mol. The zero-order valence-corrected chi connectivity index (χ0v) is 17.4. The van der Waals surface area contributed by atoms with E-state index < -0.39 is 12.5 Å². The lowest BCUT2D eigenvalue weighted by atomic mass is 10.00. The van der Waals surface area contributed by atoms with Crippen molar-refractivity contribution in [3.8, 4) is 0 Å². The summed E-state index contributed by atoms with van der Waals surface area (Å²) in [7, 11) is 0. The van der Waals surface area contributed by atoms with Crippen molar-refractivity contribution in [3.63, 3.8) is 0 Å². The Kier molecular flexibility index (Phi) is 4.69. The van der Waals surface area contributed by atoms with Crippen molar-refractivity contribution in [2.24, 2.45) is 11.5 Å². The van der Waals surface area contributed by atoms with Gasteiger partial charge in [-0.25, -0.2) is 4.39 Å². The summed E-state index contributed by atoms with van der Waals surface area (Å²) < 4.78 is 13.5. The van der Waals surface area contributed by atoms with Gasteiger partial charge in [0.25, 0.3) is 0 Å². The summed E-state index contributed by atoms with van der Waals surface area (Å²) in [6, 6.07) is 14.0. The van der Waals surface area contributed by atoms with E-state index in [4.69, 9.17) is 23.1 Å². The van der Waals surface area contributed by atoms with Crippen LogP contribution in [0.2, 0.25) is 5.02 Å². The fraction of sp³-hybridized carbons (Fsp3) is 0.318. The molecular formula is C22H24ClFN6. The van der Waals surface area contributed by atoms with E-state index in [0.717, 1.165) is 22.5 Å². The molecule has 0 amide bonds. The van der Waals surface area contributed by atoms with Gasteiger partial charge in [0.2, 0.25) is 0 Å². The fourth-order valence-corrected chi connectivity index (χ4v) is 4.57. The minimum absolute atomic E-state index is 0.170. The topological polar surface area (TPSA) is 87.2 Å². The Morgan fingerprint density at radius 3 is 2.60 bits per heavy atom. The van der Waals surface area contributed by atoms with Gasteiger partial charge in [-0.1, -0.05) is 35.9 Å². The van der Waals surface area contributed by atoms with Gasteiger partial charge in [0.05, 0.1) is 16.8 Å². The van der Waals surface area contributed by atoms with Gasteiger partial charge in [0.1, 0.15) is 12.0 Å². The highest BCUT2D eigenvalue weighted by molar-refractivity contribution is 6.33. The molecule has 5 N–H and O–H groups in total. The number of aromatic nitrogens is 2. The second-order valence-electron chi connectivity index (χ2n) is 8.03. The molecule has 8 heteroatoms. The highest BCUT2D eigenvalue weighted by Gasteiger charge is 2.40. The van der Waals surface area contributed by atoms with E-state index in [-0.39, 0.29) is 11.9 Å². The summed E-state index contributed by atoms with van der Waals surface area (Å²) in [5.41, 5.74) is 17.1. The quantitative estimate of drug-likeness (QED) is 0.576. The molecule has 0 spiro atoms. The van der Waals surface area contributed by atoms with Crippen molar-refractivity contribution in [2.45, 2.75) is 44.2 Å². The average Bonchev–Trinajstić information content (AvgIpc) is 3.47. The van der Waals surface area contributed by atoms with Crippen molar-refractivity contribution >= 4 is 23.1 Å². The fourth-order valence-electron chi connectivity index (χ4n) is 4.29. The van der Waals surface area contributed by atoms with Gasteiger partial charge in [0, 0.05) is 23.2 Å². The second-order valence-corrected chi connectivity index (χ2v) is 8.44. The highest BCUT2D eigenvalue weighted by atomic mass is 35.5. The number of H-pyrrole nitrogens is 1. The molecule has 1 saturated carbocycles. The summed E-state index contributed by atoms with van der Waals surface area (Å²) in [5, 5.41) is 8.22. The standard InChI is InChI=1S/C22H24ClFN6/c1-12(13-7-9-15(24)10-8-13)29-20-16(3-2-4-17(20)23)21(25)30(22(29)26)19-11-18(27-28-19)14-5-6-14/h2-4,7-12,14,21-22H,5-6,25-26H2,1H3,(H,27,28)/t12-,21?,22?/m0/s1. The third kappa shape index (κ3) is 3.14. The molecule has 156 valence electrons. The lowest BCUT2D eigenvalue weighted by Gasteiger charge is -2.50. The van der Waals surface area contributed by atoms with Gasteiger partial charge in [-0.15, -0.1) is 0 Å². The van der Waals surface area contributed by atoms with Gasteiger partial charge in [0.15, 0.2) is 12.1 Å². The van der Waals surface area contributed by atoms with E-state index in [2.05, 4.69) is 10.2 Å². The largest absolute Gasteiger partial charge is 0.330 e. The Morgan fingerprint density at radius 2 is 1.90 bits per heavy atom. The number of nitrogens with zero attached hydrogens (tertiary/aromatic N) is 3. The van der Waals surface area contributed by atoms with Crippen molar-refractivity contribution in [3.05, 3.63) is 76.2 Å². The van der Waals surface area contributed by atoms with Crippen LogP contribution in [0.15, 0.2) is 48.5 Å². The smallest absolute Gasteiger partial charge is 0.158 e. The minimum atomic E-state index is -0.609. The van der Waals surface area contributed by atoms with Crippen LogP contribution < -0.4 is 21.3 Å². The maximum atomic E-state index is 13.5. The van der Waals surface area contributed by atoms with Crippen molar-refractivity contribution in [2.75, 3.05) is 9.80 Å².